The highest BCUT2D eigenvalue weighted by Gasteiger charge is 2.11. The van der Waals surface area contributed by atoms with Gasteiger partial charge in [-0.3, -0.25) is 9.59 Å². The van der Waals surface area contributed by atoms with Crippen molar-refractivity contribution >= 4 is 17.9 Å². The topological polar surface area (TPSA) is 64.6 Å². The van der Waals surface area contributed by atoms with Gasteiger partial charge >= 0.3 is 0 Å². The molecule has 0 unspecified atom stereocenters. The third-order valence-electron chi connectivity index (χ3n) is 3.17. The molecule has 0 fully saturated rings. The number of methoxy groups -OCH3 is 2. The molecule has 1 N–H and O–H groups in total. The molecule has 0 bridgehead atoms. The second kappa shape index (κ2) is 7.40. The molecule has 2 aromatic carbocycles. The number of anilines is 1. The van der Waals surface area contributed by atoms with Crippen LogP contribution in [0.25, 0.3) is 0 Å². The summed E-state index contributed by atoms with van der Waals surface area (Å²) < 4.78 is 23.9. The van der Waals surface area contributed by atoms with Gasteiger partial charge < -0.3 is 14.8 Å². The third-order valence-corrected chi connectivity index (χ3v) is 3.17. The van der Waals surface area contributed by atoms with Crippen LogP contribution in [0.2, 0.25) is 0 Å². The molecule has 2 rings (SSSR count). The molecule has 1 radical (unpaired) electrons. The van der Waals surface area contributed by atoms with Gasteiger partial charge in [0.2, 0.25) is 12.2 Å². The molecule has 0 heterocycles. The highest BCUT2D eigenvalue weighted by molar-refractivity contribution is 5.93. The van der Waals surface area contributed by atoms with E-state index < -0.39 is 11.7 Å². The Labute approximate surface area is 133 Å². The maximum absolute atomic E-state index is 13.6. The van der Waals surface area contributed by atoms with Gasteiger partial charge in [0.15, 0.2) is 11.5 Å². The zero-order valence-electron chi connectivity index (χ0n) is 12.7. The number of nitrogens with one attached hydrogen (secondary N) is 1. The molecule has 2 aromatic rings. The molecule has 0 aliphatic heterocycles. The van der Waals surface area contributed by atoms with Crippen LogP contribution in [0.4, 0.5) is 10.1 Å². The van der Waals surface area contributed by atoms with Gasteiger partial charge in [-0.05, 0) is 35.9 Å². The fourth-order valence-electron chi connectivity index (χ4n) is 2.05. The number of hydrogen-bond donors (Lipinski definition) is 1. The molecule has 23 heavy (non-hydrogen) atoms. The lowest BCUT2D eigenvalue weighted by Gasteiger charge is -2.10. The number of halogens is 1. The Hall–Kier alpha value is -2.89. The summed E-state index contributed by atoms with van der Waals surface area (Å²) in [6, 6.07) is 8.69. The second-order valence-corrected chi connectivity index (χ2v) is 4.71. The molecule has 0 aliphatic rings. The summed E-state index contributed by atoms with van der Waals surface area (Å²) in [7, 11) is 3.02. The van der Waals surface area contributed by atoms with E-state index in [-0.39, 0.29) is 17.7 Å². The summed E-state index contributed by atoms with van der Waals surface area (Å²) in [5, 5.41) is 2.43. The van der Waals surface area contributed by atoms with Crippen molar-refractivity contribution in [1.82, 2.24) is 0 Å². The van der Waals surface area contributed by atoms with E-state index >= 15 is 0 Å². The fraction of sp³-hybridized carbons (Fsp3) is 0.176. The zero-order chi connectivity index (χ0) is 16.8. The highest BCUT2D eigenvalue weighted by Crippen LogP contribution is 2.27. The number of ether oxygens (including phenoxy) is 2. The minimum Gasteiger partial charge on any atom is -0.493 e. The van der Waals surface area contributed by atoms with Gasteiger partial charge in [-0.25, -0.2) is 4.39 Å². The standard InChI is InChI=1S/C17H15FNO4/c1-22-15-6-4-11(8-16(15)23-2)9-17(21)19-14-7-12(10-20)3-5-13(14)18/h3-8H,9H2,1-2H3,(H,19,21). The van der Waals surface area contributed by atoms with E-state index in [1.807, 2.05) is 0 Å². The maximum atomic E-state index is 13.6. The summed E-state index contributed by atoms with van der Waals surface area (Å²) in [4.78, 5) is 22.6. The molecule has 5 nitrogen and oxygen atoms in total. The van der Waals surface area contributed by atoms with Crippen LogP contribution in [0, 0.1) is 5.82 Å². The first-order chi connectivity index (χ1) is 11.1. The van der Waals surface area contributed by atoms with Crippen LogP contribution in [0.1, 0.15) is 11.1 Å². The summed E-state index contributed by atoms with van der Waals surface area (Å²) in [5.74, 6) is 0.0160. The van der Waals surface area contributed by atoms with E-state index in [9.17, 15) is 14.0 Å². The van der Waals surface area contributed by atoms with E-state index in [1.54, 1.807) is 24.5 Å². The number of carbonyl (C=O) groups is 1. The molecule has 1 amide bonds. The lowest BCUT2D eigenvalue weighted by atomic mass is 10.1. The Morgan fingerprint density at radius 1 is 1.13 bits per heavy atom. The number of benzene rings is 2. The molecular weight excluding hydrogens is 301 g/mol. The monoisotopic (exact) mass is 316 g/mol. The Morgan fingerprint density at radius 2 is 1.87 bits per heavy atom. The van der Waals surface area contributed by atoms with Crippen LogP contribution in [-0.4, -0.2) is 26.4 Å². The van der Waals surface area contributed by atoms with Crippen molar-refractivity contribution in [3.8, 4) is 11.5 Å². The number of hydrogen-bond acceptors (Lipinski definition) is 4. The van der Waals surface area contributed by atoms with Crippen molar-refractivity contribution in [3.63, 3.8) is 0 Å². The Balaban J connectivity index is 2.12. The lowest BCUT2D eigenvalue weighted by molar-refractivity contribution is -0.115. The minimum atomic E-state index is -0.621. The van der Waals surface area contributed by atoms with E-state index in [4.69, 9.17) is 9.47 Å². The van der Waals surface area contributed by atoms with Crippen LogP contribution in [-0.2, 0) is 16.0 Å². The largest absolute Gasteiger partial charge is 0.493 e. The average molecular weight is 316 g/mol. The van der Waals surface area contributed by atoms with Crippen LogP contribution in [0.3, 0.4) is 0 Å². The van der Waals surface area contributed by atoms with Gasteiger partial charge in [-0.1, -0.05) is 6.07 Å². The first kappa shape index (κ1) is 16.5. The zero-order valence-corrected chi connectivity index (χ0v) is 12.7. The predicted molar refractivity (Wildman–Crippen MR) is 83.1 cm³/mol. The molecular formula is C17H15FNO4. The van der Waals surface area contributed by atoms with E-state index in [0.29, 0.717) is 17.1 Å². The van der Waals surface area contributed by atoms with Gasteiger partial charge in [0.1, 0.15) is 5.82 Å². The summed E-state index contributed by atoms with van der Waals surface area (Å²) in [6.07, 6.45) is 1.67. The maximum Gasteiger partial charge on any atom is 0.233 e. The summed E-state index contributed by atoms with van der Waals surface area (Å²) in [5.41, 5.74) is 0.780. The van der Waals surface area contributed by atoms with Crippen LogP contribution < -0.4 is 14.8 Å². The summed E-state index contributed by atoms with van der Waals surface area (Å²) in [6.45, 7) is 0. The molecule has 0 aromatic heterocycles. The number of rotatable bonds is 6. The molecule has 0 spiro atoms. The van der Waals surface area contributed by atoms with Crippen molar-refractivity contribution in [2.45, 2.75) is 6.42 Å². The Kier molecular flexibility index (Phi) is 5.30. The predicted octanol–water partition coefficient (Wildman–Crippen LogP) is 2.48. The molecule has 119 valence electrons. The first-order valence-electron chi connectivity index (χ1n) is 6.76. The fourth-order valence-corrected chi connectivity index (χ4v) is 2.05. The van der Waals surface area contributed by atoms with Crippen molar-refractivity contribution < 1.29 is 23.5 Å². The molecule has 0 saturated heterocycles. The Morgan fingerprint density at radius 3 is 2.52 bits per heavy atom. The smallest absolute Gasteiger partial charge is 0.233 e. The van der Waals surface area contributed by atoms with E-state index in [2.05, 4.69) is 5.32 Å². The lowest BCUT2D eigenvalue weighted by Crippen LogP contribution is -2.15. The van der Waals surface area contributed by atoms with Gasteiger partial charge in [-0.15, -0.1) is 0 Å². The minimum absolute atomic E-state index is 0.0226. The Bertz CT molecular complexity index is 731. The van der Waals surface area contributed by atoms with Crippen molar-refractivity contribution in [2.75, 3.05) is 19.5 Å². The average Bonchev–Trinajstić information content (AvgIpc) is 2.56. The molecule has 0 atom stereocenters. The molecule has 6 heteroatoms. The SMILES string of the molecule is COc1ccc(CC(=O)Nc2cc([C]=O)ccc2F)cc1OC. The van der Waals surface area contributed by atoms with E-state index in [0.717, 1.165) is 6.07 Å². The van der Waals surface area contributed by atoms with Gasteiger partial charge in [-0.2, -0.15) is 0 Å². The highest BCUT2D eigenvalue weighted by atomic mass is 19.1. The van der Waals surface area contributed by atoms with Gasteiger partial charge in [0.05, 0.1) is 26.3 Å². The number of amides is 1. The van der Waals surface area contributed by atoms with Crippen LogP contribution in [0.15, 0.2) is 36.4 Å². The van der Waals surface area contributed by atoms with Gasteiger partial charge in [0, 0.05) is 5.56 Å². The van der Waals surface area contributed by atoms with E-state index in [1.165, 1.54) is 26.4 Å². The quantitative estimate of drug-likeness (QED) is 0.889. The van der Waals surface area contributed by atoms with Crippen molar-refractivity contribution in [2.24, 2.45) is 0 Å². The van der Waals surface area contributed by atoms with Crippen molar-refractivity contribution in [1.29, 1.82) is 0 Å². The summed E-state index contributed by atoms with van der Waals surface area (Å²) >= 11 is 0. The van der Waals surface area contributed by atoms with Crippen LogP contribution >= 0.6 is 0 Å². The normalized spacial score (nSPS) is 10.0. The van der Waals surface area contributed by atoms with Crippen molar-refractivity contribution in [3.05, 3.63) is 53.3 Å². The first-order valence-corrected chi connectivity index (χ1v) is 6.76. The number of carbonyl (C=O) groups excluding carboxylic acids is 2. The van der Waals surface area contributed by atoms with Gasteiger partial charge in [0.25, 0.3) is 0 Å². The second-order valence-electron chi connectivity index (χ2n) is 4.71. The third kappa shape index (κ3) is 4.06. The molecule has 0 aliphatic carbocycles. The van der Waals surface area contributed by atoms with Crippen LogP contribution in [0.5, 0.6) is 11.5 Å². The molecule has 0 saturated carbocycles.